The number of benzene rings is 1. The summed E-state index contributed by atoms with van der Waals surface area (Å²) in [5.74, 6) is -1.60. The van der Waals surface area contributed by atoms with Crippen molar-refractivity contribution in [3.05, 3.63) is 35.4 Å². The molecule has 0 radical (unpaired) electrons. The first-order chi connectivity index (χ1) is 12.4. The second-order valence-electron chi connectivity index (χ2n) is 8.03. The number of ether oxygens (including phenoxy) is 1. The minimum absolute atomic E-state index is 0.00868. The highest BCUT2D eigenvalue weighted by atomic mass is 19.2. The zero-order valence-corrected chi connectivity index (χ0v) is 15.6. The van der Waals surface area contributed by atoms with Crippen LogP contribution in [0.15, 0.2) is 18.2 Å². The molecule has 6 heteroatoms. The summed E-state index contributed by atoms with van der Waals surface area (Å²) in [6.45, 7) is 6.97. The number of hydrogen-bond acceptors (Lipinski definition) is 3. The fraction of sp³-hybridized carbons (Fsp3) is 0.650. The predicted octanol–water partition coefficient (Wildman–Crippen LogP) is 3.25. The van der Waals surface area contributed by atoms with Gasteiger partial charge in [-0.2, -0.15) is 0 Å². The van der Waals surface area contributed by atoms with E-state index in [0.29, 0.717) is 13.2 Å². The van der Waals surface area contributed by atoms with Crippen molar-refractivity contribution >= 4 is 5.91 Å². The summed E-state index contributed by atoms with van der Waals surface area (Å²) in [5, 5.41) is 2.92. The number of piperidine rings is 1. The highest BCUT2D eigenvalue weighted by Gasteiger charge is 2.40. The fourth-order valence-corrected chi connectivity index (χ4v) is 3.93. The average Bonchev–Trinajstić information content (AvgIpc) is 2.60. The Morgan fingerprint density at radius 2 is 2.00 bits per heavy atom. The monoisotopic (exact) mass is 366 g/mol. The Kier molecular flexibility index (Phi) is 5.92. The number of likely N-dealkylation sites (tertiary alicyclic amines) is 1. The molecule has 2 fully saturated rings. The molecule has 2 saturated heterocycles. The minimum Gasteiger partial charge on any atom is -0.368 e. The molecule has 1 amide bonds. The van der Waals surface area contributed by atoms with Crippen LogP contribution >= 0.6 is 0 Å². The van der Waals surface area contributed by atoms with E-state index in [4.69, 9.17) is 4.74 Å². The van der Waals surface area contributed by atoms with E-state index in [1.165, 1.54) is 12.1 Å². The minimum atomic E-state index is -0.804. The first-order valence-electron chi connectivity index (χ1n) is 9.45. The number of carbonyl (C=O) groups excluding carboxylic acids is 1. The summed E-state index contributed by atoms with van der Waals surface area (Å²) >= 11 is 0. The number of hydrogen-bond donors (Lipinski definition) is 1. The van der Waals surface area contributed by atoms with Gasteiger partial charge in [0.05, 0.1) is 6.61 Å². The maximum atomic E-state index is 13.4. The Morgan fingerprint density at radius 1 is 1.27 bits per heavy atom. The van der Waals surface area contributed by atoms with Gasteiger partial charge in [-0.3, -0.25) is 9.69 Å². The van der Waals surface area contributed by atoms with Crippen molar-refractivity contribution in [3.63, 3.8) is 0 Å². The van der Waals surface area contributed by atoms with Gasteiger partial charge >= 0.3 is 0 Å². The van der Waals surface area contributed by atoms with E-state index in [0.717, 1.165) is 44.3 Å². The topological polar surface area (TPSA) is 41.6 Å². The largest absolute Gasteiger partial charge is 0.368 e. The van der Waals surface area contributed by atoms with Gasteiger partial charge in [-0.25, -0.2) is 8.78 Å². The molecule has 1 N–H and O–H groups in total. The normalized spacial score (nSPS) is 23.3. The molecular weight excluding hydrogens is 338 g/mol. The lowest BCUT2D eigenvalue weighted by atomic mass is 9.73. The highest BCUT2D eigenvalue weighted by Crippen LogP contribution is 2.40. The molecule has 2 aliphatic heterocycles. The van der Waals surface area contributed by atoms with E-state index in [-0.39, 0.29) is 23.5 Å². The smallest absolute Gasteiger partial charge is 0.249 e. The maximum absolute atomic E-state index is 13.4. The van der Waals surface area contributed by atoms with Crippen molar-refractivity contribution in [1.29, 1.82) is 0 Å². The number of halogens is 2. The lowest BCUT2D eigenvalue weighted by Gasteiger charge is -2.45. The molecule has 0 aromatic heterocycles. The van der Waals surface area contributed by atoms with Gasteiger partial charge in [-0.15, -0.1) is 0 Å². The molecule has 26 heavy (non-hydrogen) atoms. The SMILES string of the molecule is CC(C)NC(=O)C1CCC2(CCN(Cc3ccc(F)c(F)c3)CC2)CO1. The standard InChI is InChI=1S/C20H28F2N2O2/c1-14(2)23-19(25)18-5-6-20(13-26-18)7-9-24(10-8-20)12-15-3-4-16(21)17(22)11-15/h3-4,11,14,18H,5-10,12-13H2,1-2H3,(H,23,25). The van der Waals surface area contributed by atoms with Gasteiger partial charge in [0.1, 0.15) is 6.10 Å². The molecule has 1 spiro atoms. The van der Waals surface area contributed by atoms with Crippen LogP contribution in [-0.2, 0) is 16.1 Å². The van der Waals surface area contributed by atoms with Crippen molar-refractivity contribution in [2.45, 2.75) is 58.2 Å². The molecule has 3 rings (SSSR count). The molecular formula is C20H28F2N2O2. The summed E-state index contributed by atoms with van der Waals surface area (Å²) < 4.78 is 32.3. The van der Waals surface area contributed by atoms with Gasteiger partial charge in [-0.1, -0.05) is 6.07 Å². The molecule has 0 bridgehead atoms. The lowest BCUT2D eigenvalue weighted by molar-refractivity contribution is -0.145. The quantitative estimate of drug-likeness (QED) is 0.889. The Balaban J connectivity index is 1.48. The van der Waals surface area contributed by atoms with Gasteiger partial charge in [0.2, 0.25) is 5.91 Å². The first kappa shape index (κ1) is 19.2. The fourth-order valence-electron chi connectivity index (χ4n) is 3.93. The van der Waals surface area contributed by atoms with E-state index in [2.05, 4.69) is 10.2 Å². The average molecular weight is 366 g/mol. The van der Waals surface area contributed by atoms with Crippen molar-refractivity contribution in [2.75, 3.05) is 19.7 Å². The van der Waals surface area contributed by atoms with Gasteiger partial charge in [0, 0.05) is 12.6 Å². The molecule has 0 saturated carbocycles. The molecule has 2 aliphatic rings. The van der Waals surface area contributed by atoms with Crippen molar-refractivity contribution in [1.82, 2.24) is 10.2 Å². The summed E-state index contributed by atoms with van der Waals surface area (Å²) in [5.41, 5.74) is 0.948. The van der Waals surface area contributed by atoms with Crippen LogP contribution in [0.2, 0.25) is 0 Å². The Morgan fingerprint density at radius 3 is 2.58 bits per heavy atom. The molecule has 4 nitrogen and oxygen atoms in total. The molecule has 1 aromatic rings. The number of nitrogens with one attached hydrogen (secondary N) is 1. The van der Waals surface area contributed by atoms with Crippen LogP contribution in [-0.4, -0.2) is 42.6 Å². The zero-order chi connectivity index (χ0) is 18.7. The maximum Gasteiger partial charge on any atom is 0.249 e. The van der Waals surface area contributed by atoms with E-state index in [1.54, 1.807) is 6.07 Å². The van der Waals surface area contributed by atoms with E-state index >= 15 is 0 Å². The van der Waals surface area contributed by atoms with Gasteiger partial charge in [-0.05, 0) is 75.7 Å². The molecule has 144 valence electrons. The summed E-state index contributed by atoms with van der Waals surface area (Å²) in [4.78, 5) is 14.4. The predicted molar refractivity (Wildman–Crippen MR) is 95.6 cm³/mol. The van der Waals surface area contributed by atoms with Crippen molar-refractivity contribution in [3.8, 4) is 0 Å². The third-order valence-corrected chi connectivity index (χ3v) is 5.56. The van der Waals surface area contributed by atoms with Crippen LogP contribution in [0, 0.1) is 17.0 Å². The van der Waals surface area contributed by atoms with Crippen LogP contribution in [0.5, 0.6) is 0 Å². The second kappa shape index (κ2) is 8.01. The van der Waals surface area contributed by atoms with Crippen molar-refractivity contribution < 1.29 is 18.3 Å². The summed E-state index contributed by atoms with van der Waals surface area (Å²) in [7, 11) is 0. The second-order valence-corrected chi connectivity index (χ2v) is 8.03. The van der Waals surface area contributed by atoms with E-state index in [9.17, 15) is 13.6 Å². The lowest BCUT2D eigenvalue weighted by Crippen LogP contribution is -2.49. The van der Waals surface area contributed by atoms with Crippen LogP contribution in [0.4, 0.5) is 8.78 Å². The van der Waals surface area contributed by atoms with Crippen LogP contribution in [0.25, 0.3) is 0 Å². The highest BCUT2D eigenvalue weighted by molar-refractivity contribution is 5.81. The molecule has 1 atom stereocenters. The molecule has 1 aromatic carbocycles. The number of nitrogens with zero attached hydrogens (tertiary/aromatic N) is 1. The van der Waals surface area contributed by atoms with Crippen LogP contribution in [0.3, 0.4) is 0 Å². The van der Waals surface area contributed by atoms with E-state index in [1.807, 2.05) is 13.8 Å². The van der Waals surface area contributed by atoms with E-state index < -0.39 is 11.6 Å². The van der Waals surface area contributed by atoms with Crippen LogP contribution in [0.1, 0.15) is 45.1 Å². The Labute approximate surface area is 153 Å². The zero-order valence-electron chi connectivity index (χ0n) is 15.6. The number of carbonyl (C=O) groups is 1. The van der Waals surface area contributed by atoms with Gasteiger partial charge in [0.15, 0.2) is 11.6 Å². The molecule has 0 aliphatic carbocycles. The first-order valence-corrected chi connectivity index (χ1v) is 9.45. The Bertz CT molecular complexity index is 633. The molecule has 1 unspecified atom stereocenters. The van der Waals surface area contributed by atoms with Crippen molar-refractivity contribution in [2.24, 2.45) is 5.41 Å². The number of amides is 1. The summed E-state index contributed by atoms with van der Waals surface area (Å²) in [6.07, 6.45) is 3.46. The Hall–Kier alpha value is -1.53. The summed E-state index contributed by atoms with van der Waals surface area (Å²) in [6, 6.07) is 4.24. The number of rotatable bonds is 4. The van der Waals surface area contributed by atoms with Gasteiger partial charge < -0.3 is 10.1 Å². The molecule has 2 heterocycles. The van der Waals surface area contributed by atoms with Gasteiger partial charge in [0.25, 0.3) is 0 Å². The third kappa shape index (κ3) is 4.60. The van der Waals surface area contributed by atoms with Crippen LogP contribution < -0.4 is 5.32 Å². The third-order valence-electron chi connectivity index (χ3n) is 5.56.